The lowest BCUT2D eigenvalue weighted by molar-refractivity contribution is -0.119. The summed E-state index contributed by atoms with van der Waals surface area (Å²) in [5, 5.41) is 1.58. The van der Waals surface area contributed by atoms with Gasteiger partial charge in [0.2, 0.25) is 5.91 Å². The van der Waals surface area contributed by atoms with E-state index < -0.39 is 0 Å². The summed E-state index contributed by atoms with van der Waals surface area (Å²) in [7, 11) is 0. The van der Waals surface area contributed by atoms with Crippen molar-refractivity contribution in [2.75, 3.05) is 4.90 Å². The number of carbonyl (C=O) groups is 1. The van der Waals surface area contributed by atoms with E-state index in [4.69, 9.17) is 0 Å². The van der Waals surface area contributed by atoms with E-state index in [2.05, 4.69) is 30.7 Å². The van der Waals surface area contributed by atoms with Crippen LogP contribution in [0.15, 0.2) is 59.8 Å². The van der Waals surface area contributed by atoms with Crippen molar-refractivity contribution >= 4 is 33.4 Å². The van der Waals surface area contributed by atoms with Gasteiger partial charge in [0.1, 0.15) is 6.54 Å². The third-order valence-corrected chi connectivity index (χ3v) is 5.70. The number of aromatic amines is 1. The van der Waals surface area contributed by atoms with Crippen LogP contribution in [0.1, 0.15) is 32.8 Å². The molecule has 0 fully saturated rings. The monoisotopic (exact) mass is 416 g/mol. The van der Waals surface area contributed by atoms with Crippen LogP contribution in [-0.2, 0) is 11.3 Å². The number of aromatic nitrogens is 3. The summed E-state index contributed by atoms with van der Waals surface area (Å²) in [6.07, 6.45) is 4.23. The SMILES string of the molecule is Cc1cccc2c(=O)n(CC(=O)N(c3ccc4[nH]ccc4c3)C(C)CC(C)C)cnc12. The minimum Gasteiger partial charge on any atom is -0.361 e. The van der Waals surface area contributed by atoms with Crippen LogP contribution < -0.4 is 10.5 Å². The van der Waals surface area contributed by atoms with Crippen LogP contribution in [0.3, 0.4) is 0 Å². The Balaban J connectivity index is 1.71. The fourth-order valence-electron chi connectivity index (χ4n) is 4.29. The van der Waals surface area contributed by atoms with Gasteiger partial charge in [-0.3, -0.25) is 14.2 Å². The number of hydrogen-bond acceptors (Lipinski definition) is 3. The van der Waals surface area contributed by atoms with Gasteiger partial charge in [-0.05, 0) is 62.1 Å². The summed E-state index contributed by atoms with van der Waals surface area (Å²) in [6.45, 7) is 8.23. The summed E-state index contributed by atoms with van der Waals surface area (Å²) in [6, 6.07) is 13.5. The molecule has 0 radical (unpaired) electrons. The summed E-state index contributed by atoms with van der Waals surface area (Å²) in [4.78, 5) is 36.0. The second-order valence-electron chi connectivity index (χ2n) is 8.64. The number of para-hydroxylation sites is 1. The highest BCUT2D eigenvalue weighted by Gasteiger charge is 2.24. The van der Waals surface area contributed by atoms with E-state index in [-0.39, 0.29) is 24.1 Å². The number of H-pyrrole nitrogens is 1. The normalized spacial score (nSPS) is 12.5. The topological polar surface area (TPSA) is 71.0 Å². The number of aryl methyl sites for hydroxylation is 1. The minimum atomic E-state index is -0.195. The number of nitrogens with one attached hydrogen (secondary N) is 1. The molecule has 0 aliphatic carbocycles. The molecule has 1 unspecified atom stereocenters. The lowest BCUT2D eigenvalue weighted by Gasteiger charge is -2.31. The Morgan fingerprint density at radius 3 is 2.74 bits per heavy atom. The van der Waals surface area contributed by atoms with E-state index in [1.807, 2.05) is 54.4 Å². The molecule has 2 aromatic heterocycles. The predicted molar refractivity (Wildman–Crippen MR) is 125 cm³/mol. The third kappa shape index (κ3) is 4.10. The molecule has 2 heterocycles. The Morgan fingerprint density at radius 1 is 1.16 bits per heavy atom. The molecule has 6 nitrogen and oxygen atoms in total. The fraction of sp³-hybridized carbons (Fsp3) is 0.320. The maximum absolute atomic E-state index is 13.5. The van der Waals surface area contributed by atoms with Crippen LogP contribution in [0.2, 0.25) is 0 Å². The summed E-state index contributed by atoms with van der Waals surface area (Å²) in [5.41, 5.74) is 3.29. The van der Waals surface area contributed by atoms with E-state index in [0.717, 1.165) is 28.6 Å². The van der Waals surface area contributed by atoms with Crippen LogP contribution in [0, 0.1) is 12.8 Å². The van der Waals surface area contributed by atoms with Crippen molar-refractivity contribution in [2.24, 2.45) is 5.92 Å². The van der Waals surface area contributed by atoms with Crippen molar-refractivity contribution in [3.8, 4) is 0 Å². The van der Waals surface area contributed by atoms with Gasteiger partial charge in [-0.1, -0.05) is 26.0 Å². The van der Waals surface area contributed by atoms with Crippen LogP contribution >= 0.6 is 0 Å². The molecule has 31 heavy (non-hydrogen) atoms. The first kappa shape index (κ1) is 20.8. The molecule has 0 aliphatic heterocycles. The molecular formula is C25H28N4O2. The zero-order chi connectivity index (χ0) is 22.1. The van der Waals surface area contributed by atoms with Gasteiger partial charge in [0.25, 0.3) is 5.56 Å². The first-order valence-electron chi connectivity index (χ1n) is 10.7. The second-order valence-corrected chi connectivity index (χ2v) is 8.64. The van der Waals surface area contributed by atoms with Gasteiger partial charge in [0.05, 0.1) is 17.2 Å². The number of fused-ring (bicyclic) bond motifs is 2. The maximum atomic E-state index is 13.5. The van der Waals surface area contributed by atoms with Crippen molar-refractivity contribution in [1.82, 2.24) is 14.5 Å². The summed E-state index contributed by atoms with van der Waals surface area (Å²) in [5.74, 6) is 0.313. The molecule has 0 bridgehead atoms. The van der Waals surface area contributed by atoms with Crippen molar-refractivity contribution in [3.63, 3.8) is 0 Å². The molecule has 4 aromatic rings. The van der Waals surface area contributed by atoms with Gasteiger partial charge >= 0.3 is 0 Å². The largest absolute Gasteiger partial charge is 0.361 e. The number of carbonyl (C=O) groups excluding carboxylic acids is 1. The van der Waals surface area contributed by atoms with Crippen LogP contribution in [0.25, 0.3) is 21.8 Å². The average molecular weight is 417 g/mol. The van der Waals surface area contributed by atoms with E-state index in [1.165, 1.54) is 10.9 Å². The predicted octanol–water partition coefficient (Wildman–Crippen LogP) is 4.65. The molecule has 1 amide bonds. The highest BCUT2D eigenvalue weighted by Crippen LogP contribution is 2.26. The molecule has 0 spiro atoms. The fourth-order valence-corrected chi connectivity index (χ4v) is 4.29. The molecule has 1 N–H and O–H groups in total. The summed E-state index contributed by atoms with van der Waals surface area (Å²) < 4.78 is 1.41. The molecule has 0 saturated heterocycles. The molecule has 0 aliphatic rings. The zero-order valence-corrected chi connectivity index (χ0v) is 18.4. The Morgan fingerprint density at radius 2 is 1.97 bits per heavy atom. The number of amides is 1. The Hall–Kier alpha value is -3.41. The average Bonchev–Trinajstić information content (AvgIpc) is 3.18. The molecule has 6 heteroatoms. The molecular weight excluding hydrogens is 388 g/mol. The van der Waals surface area contributed by atoms with Crippen LogP contribution in [0.5, 0.6) is 0 Å². The van der Waals surface area contributed by atoms with E-state index in [9.17, 15) is 9.59 Å². The number of hydrogen-bond donors (Lipinski definition) is 1. The van der Waals surface area contributed by atoms with Gasteiger partial charge in [-0.15, -0.1) is 0 Å². The van der Waals surface area contributed by atoms with Gasteiger partial charge < -0.3 is 9.88 Å². The van der Waals surface area contributed by atoms with E-state index in [0.29, 0.717) is 16.8 Å². The Bertz CT molecular complexity index is 1300. The van der Waals surface area contributed by atoms with Crippen molar-refractivity contribution in [2.45, 2.75) is 46.7 Å². The molecule has 160 valence electrons. The van der Waals surface area contributed by atoms with Gasteiger partial charge in [-0.2, -0.15) is 0 Å². The van der Waals surface area contributed by atoms with Gasteiger partial charge in [0, 0.05) is 28.8 Å². The number of anilines is 1. The first-order valence-corrected chi connectivity index (χ1v) is 10.7. The smallest absolute Gasteiger partial charge is 0.261 e. The van der Waals surface area contributed by atoms with Gasteiger partial charge in [-0.25, -0.2) is 4.98 Å². The second kappa shape index (κ2) is 8.38. The van der Waals surface area contributed by atoms with E-state index in [1.54, 1.807) is 6.07 Å². The van der Waals surface area contributed by atoms with E-state index >= 15 is 0 Å². The number of rotatable bonds is 6. The zero-order valence-electron chi connectivity index (χ0n) is 18.4. The maximum Gasteiger partial charge on any atom is 0.261 e. The van der Waals surface area contributed by atoms with Crippen LogP contribution in [-0.4, -0.2) is 26.5 Å². The lowest BCUT2D eigenvalue weighted by atomic mass is 10.0. The van der Waals surface area contributed by atoms with Crippen LogP contribution in [0.4, 0.5) is 5.69 Å². The van der Waals surface area contributed by atoms with Gasteiger partial charge in [0.15, 0.2) is 0 Å². The third-order valence-electron chi connectivity index (χ3n) is 5.70. The minimum absolute atomic E-state index is 0.00439. The highest BCUT2D eigenvalue weighted by atomic mass is 16.2. The van der Waals surface area contributed by atoms with Crippen molar-refractivity contribution < 1.29 is 4.79 Å². The molecule has 1 atom stereocenters. The Kier molecular flexibility index (Phi) is 5.63. The van der Waals surface area contributed by atoms with Crippen molar-refractivity contribution in [3.05, 3.63) is 70.9 Å². The quantitative estimate of drug-likeness (QED) is 0.497. The van der Waals surface area contributed by atoms with Crippen molar-refractivity contribution in [1.29, 1.82) is 0 Å². The molecule has 4 rings (SSSR count). The standard InChI is InChI=1S/C25H28N4O2/c1-16(2)12-18(4)29(20-8-9-22-19(13-20)10-11-26-22)23(30)14-28-15-27-24-17(3)6-5-7-21(24)25(28)31/h5-11,13,15-16,18,26H,12,14H2,1-4H3. The molecule has 0 saturated carbocycles. The lowest BCUT2D eigenvalue weighted by Crippen LogP contribution is -2.42. The summed E-state index contributed by atoms with van der Waals surface area (Å²) >= 11 is 0. The first-order chi connectivity index (χ1) is 14.8. The number of nitrogens with zero attached hydrogens (tertiary/aromatic N) is 3. The Labute approximate surface area is 181 Å². The number of benzene rings is 2. The highest BCUT2D eigenvalue weighted by molar-refractivity contribution is 5.96. The molecule has 2 aromatic carbocycles.